The van der Waals surface area contributed by atoms with Crippen molar-refractivity contribution >= 4 is 60.9 Å². The van der Waals surface area contributed by atoms with E-state index in [1.54, 1.807) is 7.11 Å². The third-order valence-corrected chi connectivity index (χ3v) is 9.01. The van der Waals surface area contributed by atoms with Crippen molar-refractivity contribution in [1.82, 2.24) is 0 Å². The highest BCUT2D eigenvalue weighted by Crippen LogP contribution is 2.41. The summed E-state index contributed by atoms with van der Waals surface area (Å²) in [5.74, 6) is 0.817. The zero-order valence-electron chi connectivity index (χ0n) is 25.7. The number of ether oxygens (including phenoxy) is 1. The number of hydrogen-bond acceptors (Lipinski definition) is 4. The molecule has 0 saturated heterocycles. The summed E-state index contributed by atoms with van der Waals surface area (Å²) < 4.78 is 18.1. The van der Waals surface area contributed by atoms with Crippen LogP contribution in [0.3, 0.4) is 0 Å². The van der Waals surface area contributed by atoms with E-state index in [4.69, 9.17) is 13.6 Å². The van der Waals surface area contributed by atoms with Crippen LogP contribution in [0, 0.1) is 0 Å². The van der Waals surface area contributed by atoms with E-state index in [-0.39, 0.29) is 0 Å². The van der Waals surface area contributed by atoms with E-state index in [0.29, 0.717) is 0 Å². The molecule has 0 aliphatic carbocycles. The molecular weight excluding hydrogens is 578 g/mol. The van der Waals surface area contributed by atoms with Crippen molar-refractivity contribution in [2.24, 2.45) is 0 Å². The van der Waals surface area contributed by atoms with Crippen molar-refractivity contribution in [2.75, 3.05) is 12.0 Å². The van der Waals surface area contributed by atoms with Crippen LogP contribution in [0.5, 0.6) is 5.75 Å². The Bertz CT molecular complexity index is 2380. The van der Waals surface area contributed by atoms with Crippen LogP contribution in [-0.4, -0.2) is 7.11 Å². The average Bonchev–Trinajstić information content (AvgIpc) is 3.71. The number of rotatable bonds is 6. The minimum Gasteiger partial charge on any atom is -0.497 e. The van der Waals surface area contributed by atoms with Crippen molar-refractivity contribution in [2.45, 2.75) is 0 Å². The Labute approximate surface area is 271 Å². The maximum atomic E-state index is 6.34. The van der Waals surface area contributed by atoms with E-state index in [1.165, 1.54) is 0 Å². The van der Waals surface area contributed by atoms with Crippen LogP contribution in [0.15, 0.2) is 167 Å². The summed E-state index contributed by atoms with van der Waals surface area (Å²) >= 11 is 0. The van der Waals surface area contributed by atoms with Gasteiger partial charge in [-0.15, -0.1) is 0 Å². The fourth-order valence-electron chi connectivity index (χ4n) is 6.71. The number of anilines is 3. The van der Waals surface area contributed by atoms with Crippen LogP contribution in [-0.2, 0) is 0 Å². The van der Waals surface area contributed by atoms with Crippen LogP contribution in [0.25, 0.3) is 66.1 Å². The molecule has 0 radical (unpaired) electrons. The number of furan rings is 2. The molecule has 224 valence electrons. The Morgan fingerprint density at radius 2 is 0.809 bits per heavy atom. The zero-order chi connectivity index (χ0) is 31.3. The lowest BCUT2D eigenvalue weighted by Crippen LogP contribution is -2.09. The molecule has 0 amide bonds. The third-order valence-electron chi connectivity index (χ3n) is 9.01. The van der Waals surface area contributed by atoms with Crippen molar-refractivity contribution in [1.29, 1.82) is 0 Å². The van der Waals surface area contributed by atoms with Crippen LogP contribution in [0.1, 0.15) is 0 Å². The molecule has 0 aliphatic heterocycles. The maximum absolute atomic E-state index is 6.34. The topological polar surface area (TPSA) is 38.8 Å². The Morgan fingerprint density at radius 3 is 1.26 bits per heavy atom. The number of hydrogen-bond donors (Lipinski definition) is 0. The molecule has 0 bridgehead atoms. The van der Waals surface area contributed by atoms with Crippen molar-refractivity contribution in [3.63, 3.8) is 0 Å². The van der Waals surface area contributed by atoms with E-state index in [1.807, 2.05) is 36.4 Å². The second-order valence-electron chi connectivity index (χ2n) is 11.7. The van der Waals surface area contributed by atoms with Gasteiger partial charge in [-0.05, 0) is 71.8 Å². The molecule has 7 aromatic carbocycles. The molecule has 0 spiro atoms. The molecule has 2 heterocycles. The van der Waals surface area contributed by atoms with E-state index in [9.17, 15) is 0 Å². The molecule has 0 saturated carbocycles. The molecule has 9 rings (SSSR count). The Balaban J connectivity index is 1.12. The first-order valence-corrected chi connectivity index (χ1v) is 15.7. The smallest absolute Gasteiger partial charge is 0.143 e. The first-order chi connectivity index (χ1) is 23.2. The summed E-state index contributed by atoms with van der Waals surface area (Å²) in [5, 5.41) is 4.51. The first-order valence-electron chi connectivity index (χ1n) is 15.7. The van der Waals surface area contributed by atoms with Gasteiger partial charge in [0.1, 0.15) is 28.1 Å². The second-order valence-corrected chi connectivity index (χ2v) is 11.7. The monoisotopic (exact) mass is 607 g/mol. The normalized spacial score (nSPS) is 11.5. The summed E-state index contributed by atoms with van der Waals surface area (Å²) in [5.41, 5.74) is 11.1. The highest BCUT2D eigenvalue weighted by Gasteiger charge is 2.17. The largest absolute Gasteiger partial charge is 0.497 e. The third kappa shape index (κ3) is 4.53. The Kier molecular flexibility index (Phi) is 6.32. The number of para-hydroxylation sites is 4. The molecule has 0 unspecified atom stereocenters. The molecule has 0 N–H and O–H groups in total. The summed E-state index contributed by atoms with van der Waals surface area (Å²) in [6, 6.07) is 54.7. The van der Waals surface area contributed by atoms with Crippen LogP contribution < -0.4 is 9.64 Å². The predicted octanol–water partition coefficient (Wildman–Crippen LogP) is 12.3. The Morgan fingerprint density at radius 1 is 0.404 bits per heavy atom. The minimum absolute atomic E-state index is 0.817. The van der Waals surface area contributed by atoms with Gasteiger partial charge in [-0.25, -0.2) is 0 Å². The van der Waals surface area contributed by atoms with Crippen LogP contribution in [0.4, 0.5) is 17.1 Å². The Hall–Kier alpha value is -6.26. The second kappa shape index (κ2) is 11.0. The minimum atomic E-state index is 0.817. The lowest BCUT2D eigenvalue weighted by molar-refractivity contribution is 0.415. The molecule has 0 atom stereocenters. The van der Waals surface area contributed by atoms with Gasteiger partial charge in [0.15, 0.2) is 0 Å². The average molecular weight is 608 g/mol. The van der Waals surface area contributed by atoms with Crippen LogP contribution in [0.2, 0.25) is 0 Å². The standard InChI is InChI=1S/C43H29NO3/c1-45-33-26-24-32(25-27-33)44(30-20-16-28(17-21-30)34-10-6-12-38-36-8-2-4-14-40(36)46-42(34)38)31-22-18-29(19-23-31)35-11-7-13-39-37-9-3-5-15-41(37)47-43(35)39/h2-27H,1H3. The van der Waals surface area contributed by atoms with E-state index in [0.717, 1.165) is 88.9 Å². The van der Waals surface area contributed by atoms with Gasteiger partial charge >= 0.3 is 0 Å². The summed E-state index contributed by atoms with van der Waals surface area (Å²) in [6.45, 7) is 0. The van der Waals surface area contributed by atoms with Gasteiger partial charge in [0.05, 0.1) is 7.11 Å². The van der Waals surface area contributed by atoms with Gasteiger partial charge in [-0.1, -0.05) is 97.1 Å². The molecule has 47 heavy (non-hydrogen) atoms. The molecule has 0 fully saturated rings. The van der Waals surface area contributed by atoms with Crippen molar-refractivity contribution in [3.8, 4) is 28.0 Å². The quantitative estimate of drug-likeness (QED) is 0.188. The predicted molar refractivity (Wildman–Crippen MR) is 193 cm³/mol. The highest BCUT2D eigenvalue weighted by molar-refractivity contribution is 6.10. The summed E-state index contributed by atoms with van der Waals surface area (Å²) in [7, 11) is 1.69. The highest BCUT2D eigenvalue weighted by atomic mass is 16.5. The van der Waals surface area contributed by atoms with E-state index < -0.39 is 0 Å². The number of benzene rings is 7. The SMILES string of the molecule is COc1ccc(N(c2ccc(-c3cccc4c3oc3ccccc34)cc2)c2ccc(-c3cccc4c3oc3ccccc34)cc2)cc1. The van der Waals surface area contributed by atoms with E-state index >= 15 is 0 Å². The van der Waals surface area contributed by atoms with Crippen molar-refractivity contribution < 1.29 is 13.6 Å². The fraction of sp³-hybridized carbons (Fsp3) is 0.0233. The van der Waals surface area contributed by atoms with Gasteiger partial charge in [0, 0.05) is 49.7 Å². The molecule has 4 nitrogen and oxygen atoms in total. The fourth-order valence-corrected chi connectivity index (χ4v) is 6.71. The van der Waals surface area contributed by atoms with Gasteiger partial charge in [0.25, 0.3) is 0 Å². The van der Waals surface area contributed by atoms with Gasteiger partial charge in [-0.2, -0.15) is 0 Å². The lowest BCUT2D eigenvalue weighted by atomic mass is 10.0. The number of methoxy groups -OCH3 is 1. The first kappa shape index (κ1) is 27.1. The maximum Gasteiger partial charge on any atom is 0.143 e. The van der Waals surface area contributed by atoms with E-state index in [2.05, 4.69) is 126 Å². The molecular formula is C43H29NO3. The molecule has 4 heteroatoms. The number of nitrogens with zero attached hydrogens (tertiary/aromatic N) is 1. The van der Waals surface area contributed by atoms with Crippen molar-refractivity contribution in [3.05, 3.63) is 158 Å². The molecule has 2 aromatic heterocycles. The van der Waals surface area contributed by atoms with Gasteiger partial charge in [0.2, 0.25) is 0 Å². The lowest BCUT2D eigenvalue weighted by Gasteiger charge is -2.26. The van der Waals surface area contributed by atoms with Gasteiger partial charge < -0.3 is 18.5 Å². The number of fused-ring (bicyclic) bond motifs is 6. The summed E-state index contributed by atoms with van der Waals surface area (Å²) in [4.78, 5) is 2.26. The van der Waals surface area contributed by atoms with Gasteiger partial charge in [-0.3, -0.25) is 0 Å². The zero-order valence-corrected chi connectivity index (χ0v) is 25.7. The molecule has 0 aliphatic rings. The van der Waals surface area contributed by atoms with Crippen LogP contribution >= 0.6 is 0 Å². The molecule has 9 aromatic rings. The summed E-state index contributed by atoms with van der Waals surface area (Å²) in [6.07, 6.45) is 0.